The number of nitrogens with zero attached hydrogens (tertiary/aromatic N) is 1. The molecule has 0 N–H and O–H groups in total. The van der Waals surface area contributed by atoms with Crippen molar-refractivity contribution in [3.05, 3.63) is 0 Å². The summed E-state index contributed by atoms with van der Waals surface area (Å²) < 4.78 is 0. The first-order valence-electron chi connectivity index (χ1n) is 2.92. The molecule has 10 heavy (non-hydrogen) atoms. The van der Waals surface area contributed by atoms with E-state index in [1.54, 1.807) is 30.6 Å². The van der Waals surface area contributed by atoms with E-state index in [9.17, 15) is 0 Å². The van der Waals surface area contributed by atoms with Crippen LogP contribution in [0.25, 0.3) is 0 Å². The van der Waals surface area contributed by atoms with Gasteiger partial charge < -0.3 is 4.84 Å². The largest absolute Gasteiger partial charge is 0.399 e. The SMILES string of the molecule is CON=C(CSC)CSC. The maximum absolute atomic E-state index is 4.67. The smallest absolute Gasteiger partial charge is 0.106 e. The van der Waals surface area contributed by atoms with Gasteiger partial charge in [-0.25, -0.2) is 0 Å². The lowest BCUT2D eigenvalue weighted by Gasteiger charge is -1.99. The van der Waals surface area contributed by atoms with Gasteiger partial charge in [0.25, 0.3) is 0 Å². The Hall–Kier alpha value is 0.170. The highest BCUT2D eigenvalue weighted by Crippen LogP contribution is 2.00. The van der Waals surface area contributed by atoms with E-state index >= 15 is 0 Å². The van der Waals surface area contributed by atoms with Gasteiger partial charge in [-0.3, -0.25) is 0 Å². The molecule has 0 aliphatic rings. The van der Waals surface area contributed by atoms with Gasteiger partial charge >= 0.3 is 0 Å². The lowest BCUT2D eigenvalue weighted by atomic mass is 10.5. The fourth-order valence-corrected chi connectivity index (χ4v) is 1.66. The van der Waals surface area contributed by atoms with Crippen LogP contribution in [0.2, 0.25) is 0 Å². The van der Waals surface area contributed by atoms with Gasteiger partial charge in [-0.1, -0.05) is 5.16 Å². The number of hydrogen-bond acceptors (Lipinski definition) is 4. The quantitative estimate of drug-likeness (QED) is 0.474. The maximum atomic E-state index is 4.67. The third kappa shape index (κ3) is 4.99. The predicted molar refractivity (Wildman–Crippen MR) is 51.2 cm³/mol. The van der Waals surface area contributed by atoms with Crippen LogP contribution < -0.4 is 0 Å². The molecule has 0 heterocycles. The van der Waals surface area contributed by atoms with Gasteiger partial charge in [0.1, 0.15) is 7.11 Å². The number of thioether (sulfide) groups is 2. The summed E-state index contributed by atoms with van der Waals surface area (Å²) in [5.41, 5.74) is 1.11. The summed E-state index contributed by atoms with van der Waals surface area (Å²) in [5.74, 6) is 1.93. The molecule has 0 bridgehead atoms. The van der Waals surface area contributed by atoms with Crippen LogP contribution >= 0.6 is 23.5 Å². The van der Waals surface area contributed by atoms with Crippen LogP contribution in [0.15, 0.2) is 5.16 Å². The Kier molecular flexibility index (Phi) is 7.40. The normalized spacial score (nSPS) is 9.10. The first kappa shape index (κ1) is 10.2. The van der Waals surface area contributed by atoms with Crippen molar-refractivity contribution in [2.24, 2.45) is 5.16 Å². The molecule has 0 rings (SSSR count). The minimum atomic E-state index is 0.967. The zero-order valence-corrected chi connectivity index (χ0v) is 8.22. The van der Waals surface area contributed by atoms with E-state index in [1.807, 2.05) is 0 Å². The average molecular weight is 179 g/mol. The van der Waals surface area contributed by atoms with E-state index in [0.29, 0.717) is 0 Å². The molecule has 4 heteroatoms. The summed E-state index contributed by atoms with van der Waals surface area (Å²) >= 11 is 3.53. The summed E-state index contributed by atoms with van der Waals surface area (Å²) in [5, 5.41) is 3.88. The second-order valence-corrected chi connectivity index (χ2v) is 3.44. The number of hydrogen-bond donors (Lipinski definition) is 0. The molecule has 2 nitrogen and oxygen atoms in total. The van der Waals surface area contributed by atoms with E-state index < -0.39 is 0 Å². The van der Waals surface area contributed by atoms with Crippen molar-refractivity contribution >= 4 is 29.2 Å². The van der Waals surface area contributed by atoms with Crippen LogP contribution in [0.4, 0.5) is 0 Å². The van der Waals surface area contributed by atoms with Crippen LogP contribution in [-0.2, 0) is 4.84 Å². The summed E-state index contributed by atoms with van der Waals surface area (Å²) in [6, 6.07) is 0. The lowest BCUT2D eigenvalue weighted by Crippen LogP contribution is -2.05. The fraction of sp³-hybridized carbons (Fsp3) is 0.833. The lowest BCUT2D eigenvalue weighted by molar-refractivity contribution is 0.213. The molecule has 0 radical (unpaired) electrons. The molecule has 0 aliphatic heterocycles. The number of rotatable bonds is 5. The molecule has 0 unspecified atom stereocenters. The average Bonchev–Trinajstić information content (AvgIpc) is 1.90. The van der Waals surface area contributed by atoms with Gasteiger partial charge in [-0.15, -0.1) is 0 Å². The maximum Gasteiger partial charge on any atom is 0.106 e. The Labute approximate surface area is 70.8 Å². The van der Waals surface area contributed by atoms with Crippen LogP contribution in [0.3, 0.4) is 0 Å². The third-order valence-electron chi connectivity index (χ3n) is 0.842. The highest BCUT2D eigenvalue weighted by atomic mass is 32.2. The Morgan fingerprint density at radius 1 is 1.30 bits per heavy atom. The van der Waals surface area contributed by atoms with E-state index in [-0.39, 0.29) is 0 Å². The molecule has 0 aliphatic carbocycles. The minimum Gasteiger partial charge on any atom is -0.399 e. The van der Waals surface area contributed by atoms with Crippen molar-refractivity contribution in [3.8, 4) is 0 Å². The van der Waals surface area contributed by atoms with Crippen LogP contribution in [-0.4, -0.2) is 36.8 Å². The molecule has 0 aromatic heterocycles. The zero-order chi connectivity index (χ0) is 7.82. The molecule has 0 amide bonds. The topological polar surface area (TPSA) is 21.6 Å². The molecule has 0 aromatic carbocycles. The Bertz CT molecular complexity index is 97.9. The standard InChI is InChI=1S/C6H13NOS2/c1-8-7-6(4-9-2)5-10-3/h4-5H2,1-3H3. The van der Waals surface area contributed by atoms with E-state index in [4.69, 9.17) is 0 Å². The summed E-state index contributed by atoms with van der Waals surface area (Å²) in [4.78, 5) is 4.67. The van der Waals surface area contributed by atoms with Crippen molar-refractivity contribution in [3.63, 3.8) is 0 Å². The van der Waals surface area contributed by atoms with E-state index in [1.165, 1.54) is 0 Å². The van der Waals surface area contributed by atoms with Gasteiger partial charge in [-0.05, 0) is 12.5 Å². The molecule has 0 spiro atoms. The fourth-order valence-electron chi connectivity index (χ4n) is 0.557. The molecule has 60 valence electrons. The molecular formula is C6H13NOS2. The second-order valence-electron chi connectivity index (χ2n) is 1.71. The van der Waals surface area contributed by atoms with Crippen molar-refractivity contribution in [1.82, 2.24) is 0 Å². The van der Waals surface area contributed by atoms with Crippen molar-refractivity contribution in [2.75, 3.05) is 31.1 Å². The zero-order valence-electron chi connectivity index (χ0n) is 6.59. The van der Waals surface area contributed by atoms with Crippen molar-refractivity contribution in [1.29, 1.82) is 0 Å². The second kappa shape index (κ2) is 7.28. The monoisotopic (exact) mass is 179 g/mol. The first-order valence-corrected chi connectivity index (χ1v) is 5.70. The minimum absolute atomic E-state index is 0.967. The molecular weight excluding hydrogens is 166 g/mol. The van der Waals surface area contributed by atoms with Gasteiger partial charge in [0.05, 0.1) is 5.71 Å². The van der Waals surface area contributed by atoms with Crippen LogP contribution in [0, 0.1) is 0 Å². The van der Waals surface area contributed by atoms with Crippen molar-refractivity contribution in [2.45, 2.75) is 0 Å². The molecule has 0 saturated heterocycles. The van der Waals surface area contributed by atoms with Crippen LogP contribution in [0.1, 0.15) is 0 Å². The van der Waals surface area contributed by atoms with Gasteiger partial charge in [0.2, 0.25) is 0 Å². The molecule has 0 fully saturated rings. The third-order valence-corrected chi connectivity index (χ3v) is 2.09. The van der Waals surface area contributed by atoms with Gasteiger partial charge in [-0.2, -0.15) is 23.5 Å². The van der Waals surface area contributed by atoms with Crippen LogP contribution in [0.5, 0.6) is 0 Å². The predicted octanol–water partition coefficient (Wildman–Crippen LogP) is 1.71. The van der Waals surface area contributed by atoms with Gasteiger partial charge in [0, 0.05) is 11.5 Å². The highest BCUT2D eigenvalue weighted by Gasteiger charge is 1.96. The molecule has 0 aromatic rings. The van der Waals surface area contributed by atoms with Gasteiger partial charge in [0.15, 0.2) is 0 Å². The number of oxime groups is 1. The Morgan fingerprint density at radius 2 is 1.80 bits per heavy atom. The highest BCUT2D eigenvalue weighted by molar-refractivity contribution is 8.00. The molecule has 0 atom stereocenters. The summed E-state index contributed by atoms with van der Waals surface area (Å²) in [7, 11) is 1.58. The first-order chi connectivity index (χ1) is 4.85. The molecule has 0 saturated carbocycles. The Morgan fingerprint density at radius 3 is 2.10 bits per heavy atom. The van der Waals surface area contributed by atoms with E-state index in [0.717, 1.165) is 17.2 Å². The van der Waals surface area contributed by atoms with E-state index in [2.05, 4.69) is 22.5 Å². The Balaban J connectivity index is 3.60. The summed E-state index contributed by atoms with van der Waals surface area (Å²) in [6.07, 6.45) is 4.12. The summed E-state index contributed by atoms with van der Waals surface area (Å²) in [6.45, 7) is 0. The van der Waals surface area contributed by atoms with Crippen molar-refractivity contribution < 1.29 is 4.84 Å².